The predicted octanol–water partition coefficient (Wildman–Crippen LogP) is 3.67. The van der Waals surface area contributed by atoms with Gasteiger partial charge in [-0.3, -0.25) is 9.78 Å². The number of fused-ring (bicyclic) bond motifs is 1. The fourth-order valence-electron chi connectivity index (χ4n) is 3.53. The lowest BCUT2D eigenvalue weighted by atomic mass is 10.2. The third-order valence-corrected chi connectivity index (χ3v) is 6.17. The zero-order valence-electron chi connectivity index (χ0n) is 16.7. The smallest absolute Gasteiger partial charge is 0.264 e. The van der Waals surface area contributed by atoms with Gasteiger partial charge in [-0.05, 0) is 36.4 Å². The van der Waals surface area contributed by atoms with Gasteiger partial charge in [0.15, 0.2) is 0 Å². The molecule has 0 spiro atoms. The van der Waals surface area contributed by atoms with Crippen molar-refractivity contribution < 1.29 is 14.3 Å². The number of ether oxygens (including phenoxy) is 2. The van der Waals surface area contributed by atoms with Crippen LogP contribution in [0.1, 0.15) is 9.67 Å². The standard InChI is InChI=1S/C23H20N4O3S/c28-23(21-9-8-20(31-21)19-7-3-4-10-24-19)27-11-12-29-16(13-27)14-30-22-17-5-1-2-6-18(17)25-15-26-22/h1-10,15-16H,11-14H2. The molecule has 0 aliphatic carbocycles. The summed E-state index contributed by atoms with van der Waals surface area (Å²) in [7, 11) is 0. The number of aromatic nitrogens is 3. The maximum Gasteiger partial charge on any atom is 0.264 e. The molecule has 1 unspecified atom stereocenters. The van der Waals surface area contributed by atoms with Crippen LogP contribution >= 0.6 is 11.3 Å². The van der Waals surface area contributed by atoms with Crippen LogP contribution in [0.25, 0.3) is 21.5 Å². The Morgan fingerprint density at radius 2 is 2.00 bits per heavy atom. The van der Waals surface area contributed by atoms with Gasteiger partial charge in [0.25, 0.3) is 5.91 Å². The highest BCUT2D eigenvalue weighted by Crippen LogP contribution is 2.28. The van der Waals surface area contributed by atoms with Crippen LogP contribution < -0.4 is 4.74 Å². The molecule has 4 heterocycles. The summed E-state index contributed by atoms with van der Waals surface area (Å²) in [6.07, 6.45) is 3.02. The zero-order chi connectivity index (χ0) is 21.0. The number of amides is 1. The second-order valence-corrected chi connectivity index (χ2v) is 8.21. The molecular weight excluding hydrogens is 412 g/mol. The molecular formula is C23H20N4O3S. The first-order valence-electron chi connectivity index (χ1n) is 10.0. The molecule has 31 heavy (non-hydrogen) atoms. The van der Waals surface area contributed by atoms with Crippen LogP contribution in [0.4, 0.5) is 0 Å². The number of para-hydroxylation sites is 1. The maximum atomic E-state index is 13.0. The number of thiophene rings is 1. The number of nitrogens with zero attached hydrogens (tertiary/aromatic N) is 4. The van der Waals surface area contributed by atoms with E-state index >= 15 is 0 Å². The Morgan fingerprint density at radius 3 is 2.90 bits per heavy atom. The average molecular weight is 433 g/mol. The lowest BCUT2D eigenvalue weighted by Gasteiger charge is -2.32. The Morgan fingerprint density at radius 1 is 1.10 bits per heavy atom. The number of pyridine rings is 1. The molecule has 1 aliphatic rings. The van der Waals surface area contributed by atoms with Crippen LogP contribution in [0.5, 0.6) is 5.88 Å². The summed E-state index contributed by atoms with van der Waals surface area (Å²) in [6, 6.07) is 17.3. The van der Waals surface area contributed by atoms with Crippen molar-refractivity contribution in [2.45, 2.75) is 6.10 Å². The fraction of sp³-hybridized carbons (Fsp3) is 0.217. The lowest BCUT2D eigenvalue weighted by Crippen LogP contribution is -2.47. The molecule has 7 nitrogen and oxygen atoms in total. The van der Waals surface area contributed by atoms with E-state index in [9.17, 15) is 4.79 Å². The molecule has 1 fully saturated rings. The number of carbonyl (C=O) groups excluding carboxylic acids is 1. The van der Waals surface area contributed by atoms with Gasteiger partial charge >= 0.3 is 0 Å². The van der Waals surface area contributed by atoms with E-state index in [0.29, 0.717) is 37.1 Å². The van der Waals surface area contributed by atoms with Crippen LogP contribution in [0.3, 0.4) is 0 Å². The number of carbonyl (C=O) groups is 1. The van der Waals surface area contributed by atoms with Crippen molar-refractivity contribution in [1.82, 2.24) is 19.9 Å². The summed E-state index contributed by atoms with van der Waals surface area (Å²) in [5.41, 5.74) is 1.70. The molecule has 0 saturated carbocycles. The van der Waals surface area contributed by atoms with Crippen molar-refractivity contribution in [2.24, 2.45) is 0 Å². The molecule has 1 aliphatic heterocycles. The first kappa shape index (κ1) is 19.6. The van der Waals surface area contributed by atoms with Gasteiger partial charge in [0.05, 0.1) is 39.5 Å². The summed E-state index contributed by atoms with van der Waals surface area (Å²) in [6.45, 7) is 1.82. The minimum absolute atomic E-state index is 0.00738. The number of hydrogen-bond acceptors (Lipinski definition) is 7. The first-order valence-corrected chi connectivity index (χ1v) is 10.8. The number of benzene rings is 1. The van der Waals surface area contributed by atoms with Gasteiger partial charge < -0.3 is 14.4 Å². The Labute approximate surface area is 183 Å². The zero-order valence-corrected chi connectivity index (χ0v) is 17.5. The minimum atomic E-state index is -0.221. The van der Waals surface area contributed by atoms with Gasteiger partial charge in [0, 0.05) is 12.7 Å². The Hall–Kier alpha value is -3.36. The molecule has 5 rings (SSSR count). The van der Waals surface area contributed by atoms with Crippen molar-refractivity contribution in [3.8, 4) is 16.5 Å². The quantitative estimate of drug-likeness (QED) is 0.479. The monoisotopic (exact) mass is 432 g/mol. The van der Waals surface area contributed by atoms with Crippen molar-refractivity contribution >= 4 is 28.1 Å². The second kappa shape index (κ2) is 8.79. The second-order valence-electron chi connectivity index (χ2n) is 7.13. The largest absolute Gasteiger partial charge is 0.474 e. The number of morpholine rings is 1. The minimum Gasteiger partial charge on any atom is -0.474 e. The van der Waals surface area contributed by atoms with E-state index in [0.717, 1.165) is 21.5 Å². The highest BCUT2D eigenvalue weighted by Gasteiger charge is 2.27. The van der Waals surface area contributed by atoms with Crippen LogP contribution in [-0.2, 0) is 4.74 Å². The van der Waals surface area contributed by atoms with E-state index in [4.69, 9.17) is 9.47 Å². The van der Waals surface area contributed by atoms with Crippen molar-refractivity contribution in [3.63, 3.8) is 0 Å². The summed E-state index contributed by atoms with van der Waals surface area (Å²) >= 11 is 1.46. The molecule has 0 radical (unpaired) electrons. The molecule has 1 amide bonds. The fourth-order valence-corrected chi connectivity index (χ4v) is 4.48. The van der Waals surface area contributed by atoms with Crippen LogP contribution in [-0.4, -0.2) is 58.2 Å². The van der Waals surface area contributed by atoms with E-state index < -0.39 is 0 Å². The SMILES string of the molecule is O=C(c1ccc(-c2ccccn2)s1)N1CCOC(COc2ncnc3ccccc23)C1. The van der Waals surface area contributed by atoms with Gasteiger partial charge in [0.1, 0.15) is 19.0 Å². The topological polar surface area (TPSA) is 77.4 Å². The van der Waals surface area contributed by atoms with Crippen LogP contribution in [0.15, 0.2) is 67.1 Å². The maximum absolute atomic E-state index is 13.0. The van der Waals surface area contributed by atoms with Crippen LogP contribution in [0, 0.1) is 0 Å². The van der Waals surface area contributed by atoms with Crippen molar-refractivity contribution in [2.75, 3.05) is 26.3 Å². The Bertz CT molecular complexity index is 1190. The number of rotatable bonds is 5. The lowest BCUT2D eigenvalue weighted by molar-refractivity contribution is -0.0403. The van der Waals surface area contributed by atoms with Crippen LogP contribution in [0.2, 0.25) is 0 Å². The first-order chi connectivity index (χ1) is 15.3. The van der Waals surface area contributed by atoms with E-state index in [1.807, 2.05) is 59.5 Å². The molecule has 0 bridgehead atoms. The molecule has 1 atom stereocenters. The Kier molecular flexibility index (Phi) is 5.56. The molecule has 8 heteroatoms. The molecule has 4 aromatic rings. The summed E-state index contributed by atoms with van der Waals surface area (Å²) in [4.78, 5) is 29.4. The highest BCUT2D eigenvalue weighted by atomic mass is 32.1. The molecule has 1 aromatic carbocycles. The third-order valence-electron chi connectivity index (χ3n) is 5.07. The molecule has 1 saturated heterocycles. The van der Waals surface area contributed by atoms with E-state index in [-0.39, 0.29) is 12.0 Å². The van der Waals surface area contributed by atoms with Gasteiger partial charge in [-0.1, -0.05) is 18.2 Å². The van der Waals surface area contributed by atoms with E-state index in [2.05, 4.69) is 15.0 Å². The van der Waals surface area contributed by atoms with Gasteiger partial charge in [-0.2, -0.15) is 0 Å². The summed E-state index contributed by atoms with van der Waals surface area (Å²) in [5.74, 6) is 0.531. The van der Waals surface area contributed by atoms with E-state index in [1.165, 1.54) is 17.7 Å². The molecule has 156 valence electrons. The summed E-state index contributed by atoms with van der Waals surface area (Å²) < 4.78 is 11.8. The normalized spacial score (nSPS) is 16.4. The molecule has 0 N–H and O–H groups in total. The Balaban J connectivity index is 1.24. The average Bonchev–Trinajstić information content (AvgIpc) is 3.33. The number of hydrogen-bond donors (Lipinski definition) is 0. The van der Waals surface area contributed by atoms with Crippen molar-refractivity contribution in [1.29, 1.82) is 0 Å². The summed E-state index contributed by atoms with van der Waals surface area (Å²) in [5, 5.41) is 0.856. The van der Waals surface area contributed by atoms with E-state index in [1.54, 1.807) is 6.20 Å². The van der Waals surface area contributed by atoms with Gasteiger partial charge in [0.2, 0.25) is 5.88 Å². The highest BCUT2D eigenvalue weighted by molar-refractivity contribution is 7.17. The van der Waals surface area contributed by atoms with Crippen molar-refractivity contribution in [3.05, 3.63) is 72.0 Å². The van der Waals surface area contributed by atoms with Gasteiger partial charge in [-0.25, -0.2) is 9.97 Å². The molecule has 3 aromatic heterocycles. The predicted molar refractivity (Wildman–Crippen MR) is 118 cm³/mol. The third kappa shape index (κ3) is 4.26. The van der Waals surface area contributed by atoms with Gasteiger partial charge in [-0.15, -0.1) is 11.3 Å².